The predicted molar refractivity (Wildman–Crippen MR) is 82.7 cm³/mol. The molecule has 7 heteroatoms. The van der Waals surface area contributed by atoms with Crippen molar-refractivity contribution in [3.63, 3.8) is 0 Å². The fourth-order valence-corrected chi connectivity index (χ4v) is 2.94. The maximum atomic E-state index is 11.6. The average molecular weight is 314 g/mol. The van der Waals surface area contributed by atoms with Gasteiger partial charge < -0.3 is 26.2 Å². The number of aliphatic hydroxyl groups excluding tert-OH is 1. The standard InChI is InChI=1S/C14H20ClN3O3/c15-12-8-9(16)7-11(14(17)20)13(12)18-3-1-10(2-4-18)21-6-5-19/h7-8,10,19H,1-6,16H2,(H2,17,20). The van der Waals surface area contributed by atoms with E-state index in [4.69, 9.17) is 32.9 Å². The number of amides is 1. The first-order valence-corrected chi connectivity index (χ1v) is 7.27. The molecule has 0 saturated carbocycles. The molecular formula is C14H20ClN3O3. The normalized spacial score (nSPS) is 16.2. The molecule has 0 aromatic heterocycles. The maximum absolute atomic E-state index is 11.6. The van der Waals surface area contributed by atoms with Crippen LogP contribution in [-0.2, 0) is 4.74 Å². The monoisotopic (exact) mass is 313 g/mol. The lowest BCUT2D eigenvalue weighted by atomic mass is 10.0. The van der Waals surface area contributed by atoms with Crippen molar-refractivity contribution in [2.24, 2.45) is 5.73 Å². The van der Waals surface area contributed by atoms with E-state index in [1.165, 1.54) is 0 Å². The molecule has 0 spiro atoms. The van der Waals surface area contributed by atoms with Crippen LogP contribution in [0.15, 0.2) is 12.1 Å². The Morgan fingerprint density at radius 1 is 1.43 bits per heavy atom. The second-order valence-electron chi connectivity index (χ2n) is 5.04. The first kappa shape index (κ1) is 15.9. The first-order chi connectivity index (χ1) is 10.0. The van der Waals surface area contributed by atoms with Gasteiger partial charge in [0.1, 0.15) is 0 Å². The molecule has 1 aromatic carbocycles. The summed E-state index contributed by atoms with van der Waals surface area (Å²) in [6.45, 7) is 1.79. The number of nitrogens with zero attached hydrogens (tertiary/aromatic N) is 1. The molecule has 1 fully saturated rings. The van der Waals surface area contributed by atoms with Crippen LogP contribution in [0.4, 0.5) is 11.4 Å². The SMILES string of the molecule is NC(=O)c1cc(N)cc(Cl)c1N1CCC(OCCO)CC1. The first-order valence-electron chi connectivity index (χ1n) is 6.89. The number of halogens is 1. The maximum Gasteiger partial charge on any atom is 0.250 e. The summed E-state index contributed by atoms with van der Waals surface area (Å²) < 4.78 is 5.52. The third-order valence-electron chi connectivity index (χ3n) is 3.55. The van der Waals surface area contributed by atoms with Crippen LogP contribution >= 0.6 is 11.6 Å². The summed E-state index contributed by atoms with van der Waals surface area (Å²) in [7, 11) is 0. The lowest BCUT2D eigenvalue weighted by Gasteiger charge is -2.34. The number of aliphatic hydroxyl groups is 1. The fraction of sp³-hybridized carbons (Fsp3) is 0.500. The van der Waals surface area contributed by atoms with Crippen molar-refractivity contribution >= 4 is 28.9 Å². The van der Waals surface area contributed by atoms with Crippen molar-refractivity contribution in [1.82, 2.24) is 0 Å². The van der Waals surface area contributed by atoms with E-state index in [1.807, 2.05) is 4.90 Å². The Kier molecular flexibility index (Phi) is 5.27. The van der Waals surface area contributed by atoms with E-state index >= 15 is 0 Å². The highest BCUT2D eigenvalue weighted by Crippen LogP contribution is 2.34. The van der Waals surface area contributed by atoms with Crippen molar-refractivity contribution in [2.75, 3.05) is 36.9 Å². The van der Waals surface area contributed by atoms with E-state index < -0.39 is 5.91 Å². The number of carbonyl (C=O) groups is 1. The third kappa shape index (κ3) is 3.78. The van der Waals surface area contributed by atoms with Crippen LogP contribution in [0.2, 0.25) is 5.02 Å². The van der Waals surface area contributed by atoms with Gasteiger partial charge in [0.05, 0.1) is 35.6 Å². The molecule has 0 unspecified atom stereocenters. The predicted octanol–water partition coefficient (Wildman–Crippen LogP) is 0.999. The summed E-state index contributed by atoms with van der Waals surface area (Å²) in [6, 6.07) is 3.18. The molecule has 2 rings (SSSR count). The van der Waals surface area contributed by atoms with Crippen LogP contribution in [0.25, 0.3) is 0 Å². The van der Waals surface area contributed by atoms with Crippen molar-refractivity contribution in [3.8, 4) is 0 Å². The van der Waals surface area contributed by atoms with Gasteiger partial charge in [-0.3, -0.25) is 4.79 Å². The van der Waals surface area contributed by atoms with Gasteiger partial charge in [0.2, 0.25) is 0 Å². The number of primary amides is 1. The zero-order valence-electron chi connectivity index (χ0n) is 11.7. The Bertz CT molecular complexity index is 516. The van der Waals surface area contributed by atoms with E-state index in [0.717, 1.165) is 12.8 Å². The highest BCUT2D eigenvalue weighted by molar-refractivity contribution is 6.34. The molecule has 5 N–H and O–H groups in total. The summed E-state index contributed by atoms with van der Waals surface area (Å²) in [6.07, 6.45) is 1.73. The average Bonchev–Trinajstić information content (AvgIpc) is 2.45. The van der Waals surface area contributed by atoms with Crippen LogP contribution in [0.5, 0.6) is 0 Å². The Labute approximate surface area is 128 Å². The summed E-state index contributed by atoms with van der Waals surface area (Å²) in [4.78, 5) is 13.6. The van der Waals surface area contributed by atoms with Gasteiger partial charge in [-0.05, 0) is 25.0 Å². The van der Waals surface area contributed by atoms with Gasteiger partial charge in [-0.25, -0.2) is 0 Å². The number of rotatable bonds is 5. The largest absolute Gasteiger partial charge is 0.399 e. The molecule has 1 heterocycles. The van der Waals surface area contributed by atoms with Gasteiger partial charge >= 0.3 is 0 Å². The Balaban J connectivity index is 2.15. The Morgan fingerprint density at radius 2 is 2.10 bits per heavy atom. The van der Waals surface area contributed by atoms with E-state index in [1.54, 1.807) is 12.1 Å². The number of hydrogen-bond donors (Lipinski definition) is 3. The zero-order valence-corrected chi connectivity index (χ0v) is 12.5. The van der Waals surface area contributed by atoms with Crippen LogP contribution in [0.3, 0.4) is 0 Å². The summed E-state index contributed by atoms with van der Waals surface area (Å²) in [5, 5.41) is 9.20. The topological polar surface area (TPSA) is 102 Å². The molecule has 1 amide bonds. The summed E-state index contributed by atoms with van der Waals surface area (Å²) in [5.74, 6) is -0.544. The summed E-state index contributed by atoms with van der Waals surface area (Å²) >= 11 is 6.24. The molecule has 0 aliphatic carbocycles. The molecule has 116 valence electrons. The molecule has 21 heavy (non-hydrogen) atoms. The van der Waals surface area contributed by atoms with Crippen molar-refractivity contribution in [2.45, 2.75) is 18.9 Å². The minimum absolute atomic E-state index is 0.0236. The van der Waals surface area contributed by atoms with Gasteiger partial charge in [0.25, 0.3) is 5.91 Å². The lowest BCUT2D eigenvalue weighted by Crippen LogP contribution is -2.38. The lowest BCUT2D eigenvalue weighted by molar-refractivity contribution is 0.0159. The van der Waals surface area contributed by atoms with Gasteiger partial charge in [-0.2, -0.15) is 0 Å². The van der Waals surface area contributed by atoms with E-state index in [2.05, 4.69) is 0 Å². The molecular weight excluding hydrogens is 294 g/mol. The van der Waals surface area contributed by atoms with Gasteiger partial charge in [0.15, 0.2) is 0 Å². The number of nitrogen functional groups attached to an aromatic ring is 1. The highest BCUT2D eigenvalue weighted by Gasteiger charge is 2.25. The van der Waals surface area contributed by atoms with E-state index in [9.17, 15) is 4.79 Å². The Hall–Kier alpha value is -1.50. The zero-order chi connectivity index (χ0) is 15.4. The number of anilines is 2. The van der Waals surface area contributed by atoms with Crippen LogP contribution < -0.4 is 16.4 Å². The molecule has 0 bridgehead atoms. The fourth-order valence-electron chi connectivity index (χ4n) is 2.59. The third-order valence-corrected chi connectivity index (χ3v) is 3.84. The van der Waals surface area contributed by atoms with Gasteiger partial charge in [-0.15, -0.1) is 0 Å². The van der Waals surface area contributed by atoms with Crippen molar-refractivity contribution in [1.29, 1.82) is 0 Å². The molecule has 0 radical (unpaired) electrons. The number of nitrogens with two attached hydrogens (primary N) is 2. The Morgan fingerprint density at radius 3 is 2.67 bits per heavy atom. The number of benzene rings is 1. The highest BCUT2D eigenvalue weighted by atomic mass is 35.5. The minimum atomic E-state index is -0.544. The van der Waals surface area contributed by atoms with Crippen LogP contribution in [0, 0.1) is 0 Å². The molecule has 1 aliphatic rings. The van der Waals surface area contributed by atoms with Crippen LogP contribution in [0.1, 0.15) is 23.2 Å². The van der Waals surface area contributed by atoms with Crippen molar-refractivity contribution in [3.05, 3.63) is 22.7 Å². The molecule has 6 nitrogen and oxygen atoms in total. The number of carbonyl (C=O) groups excluding carboxylic acids is 1. The number of piperidine rings is 1. The van der Waals surface area contributed by atoms with E-state index in [-0.39, 0.29) is 12.7 Å². The van der Waals surface area contributed by atoms with Crippen LogP contribution in [-0.4, -0.2) is 43.4 Å². The van der Waals surface area contributed by atoms with Gasteiger partial charge in [-0.1, -0.05) is 11.6 Å². The quantitative estimate of drug-likeness (QED) is 0.704. The van der Waals surface area contributed by atoms with Gasteiger partial charge in [0, 0.05) is 18.8 Å². The van der Waals surface area contributed by atoms with Crippen molar-refractivity contribution < 1.29 is 14.6 Å². The minimum Gasteiger partial charge on any atom is -0.399 e. The second-order valence-corrected chi connectivity index (χ2v) is 5.45. The smallest absolute Gasteiger partial charge is 0.250 e. The molecule has 1 aromatic rings. The second kappa shape index (κ2) is 6.98. The molecule has 0 atom stereocenters. The number of ether oxygens (including phenoxy) is 1. The molecule has 1 saturated heterocycles. The summed E-state index contributed by atoms with van der Waals surface area (Å²) in [5.41, 5.74) is 12.5. The number of hydrogen-bond acceptors (Lipinski definition) is 5. The van der Waals surface area contributed by atoms with E-state index in [0.29, 0.717) is 41.7 Å². The molecule has 1 aliphatic heterocycles.